The topological polar surface area (TPSA) is 71.3 Å². The third-order valence-electron chi connectivity index (χ3n) is 4.92. The van der Waals surface area contributed by atoms with Crippen molar-refractivity contribution >= 4 is 23.2 Å². The fourth-order valence-electron chi connectivity index (χ4n) is 3.45. The van der Waals surface area contributed by atoms with Crippen LogP contribution in [0.25, 0.3) is 11.4 Å². The van der Waals surface area contributed by atoms with E-state index in [-0.39, 0.29) is 16.8 Å². The molecule has 1 aliphatic rings. The number of piperidine rings is 1. The first kappa shape index (κ1) is 19.5. The second kappa shape index (κ2) is 8.71. The minimum atomic E-state index is -0.511. The highest BCUT2D eigenvalue weighted by atomic mass is 35.5. The number of likely N-dealkylation sites (tertiary alicyclic amines) is 1. The van der Waals surface area contributed by atoms with E-state index in [9.17, 15) is 9.18 Å². The summed E-state index contributed by atoms with van der Waals surface area (Å²) < 4.78 is 18.7. The van der Waals surface area contributed by atoms with Gasteiger partial charge in [0, 0.05) is 17.8 Å². The first-order valence-corrected chi connectivity index (χ1v) is 9.82. The fraction of sp³-hybridized carbons (Fsp3) is 0.286. The minimum Gasteiger partial charge on any atom is -0.338 e. The molecular weight excluding hydrogens is 395 g/mol. The van der Waals surface area contributed by atoms with Crippen molar-refractivity contribution < 1.29 is 13.7 Å². The first-order chi connectivity index (χ1) is 14.1. The molecule has 0 saturated carbocycles. The minimum absolute atomic E-state index is 0.0151. The number of carbonyl (C=O) groups excluding carboxylic acids is 1. The number of anilines is 1. The fourth-order valence-corrected chi connectivity index (χ4v) is 3.63. The van der Waals surface area contributed by atoms with Crippen molar-refractivity contribution in [1.29, 1.82) is 0 Å². The van der Waals surface area contributed by atoms with Crippen molar-refractivity contribution in [2.45, 2.75) is 19.4 Å². The quantitative estimate of drug-likeness (QED) is 0.670. The van der Waals surface area contributed by atoms with Gasteiger partial charge < -0.3 is 9.84 Å². The number of nitrogens with one attached hydrogen (secondary N) is 1. The molecule has 8 heteroatoms. The molecule has 0 radical (unpaired) electrons. The van der Waals surface area contributed by atoms with E-state index in [2.05, 4.69) is 20.4 Å². The van der Waals surface area contributed by atoms with Gasteiger partial charge in [-0.25, -0.2) is 4.39 Å². The summed E-state index contributed by atoms with van der Waals surface area (Å²) in [7, 11) is 0. The molecule has 150 valence electrons. The van der Waals surface area contributed by atoms with Crippen LogP contribution in [0.3, 0.4) is 0 Å². The number of hydrogen-bond acceptors (Lipinski definition) is 5. The van der Waals surface area contributed by atoms with E-state index < -0.39 is 5.82 Å². The number of hydrogen-bond donors (Lipinski definition) is 1. The first-order valence-electron chi connectivity index (χ1n) is 9.45. The Morgan fingerprint density at radius 1 is 1.28 bits per heavy atom. The highest BCUT2D eigenvalue weighted by Gasteiger charge is 2.27. The zero-order chi connectivity index (χ0) is 20.2. The standard InChI is InChI=1S/C21H20ClFN4O2/c22-17-11-16(8-9-18(17)23)24-21(28)15-7-4-10-27(12-15)13-19-25-20(26-29-19)14-5-2-1-3-6-14/h1-3,5-6,8-9,11,15H,4,7,10,12-13H2,(H,24,28). The molecule has 1 fully saturated rings. The molecule has 1 aliphatic heterocycles. The zero-order valence-corrected chi connectivity index (χ0v) is 16.4. The SMILES string of the molecule is O=C(Nc1ccc(F)c(Cl)c1)C1CCCN(Cc2nc(-c3ccccc3)no2)C1. The average molecular weight is 415 g/mol. The van der Waals surface area contributed by atoms with Crippen molar-refractivity contribution in [3.63, 3.8) is 0 Å². The van der Waals surface area contributed by atoms with Crippen LogP contribution < -0.4 is 5.32 Å². The number of rotatable bonds is 5. The van der Waals surface area contributed by atoms with Gasteiger partial charge in [0.05, 0.1) is 17.5 Å². The number of nitrogens with zero attached hydrogens (tertiary/aromatic N) is 3. The second-order valence-corrected chi connectivity index (χ2v) is 7.48. The van der Waals surface area contributed by atoms with Crippen LogP contribution in [0.15, 0.2) is 53.1 Å². The van der Waals surface area contributed by atoms with E-state index in [1.807, 2.05) is 30.3 Å². The Morgan fingerprint density at radius 3 is 2.90 bits per heavy atom. The van der Waals surface area contributed by atoms with Gasteiger partial charge in [-0.05, 0) is 37.6 Å². The summed E-state index contributed by atoms with van der Waals surface area (Å²) in [5.74, 6) is 0.287. The predicted molar refractivity (Wildman–Crippen MR) is 108 cm³/mol. The van der Waals surface area contributed by atoms with Crippen molar-refractivity contribution in [1.82, 2.24) is 15.0 Å². The normalized spacial score (nSPS) is 17.2. The maximum Gasteiger partial charge on any atom is 0.241 e. The Hall–Kier alpha value is -2.77. The number of benzene rings is 2. The van der Waals surface area contributed by atoms with Crippen LogP contribution in [0, 0.1) is 11.7 Å². The van der Waals surface area contributed by atoms with Crippen molar-refractivity contribution in [2.24, 2.45) is 5.92 Å². The zero-order valence-electron chi connectivity index (χ0n) is 15.6. The molecule has 1 N–H and O–H groups in total. The Bertz CT molecular complexity index is 995. The monoisotopic (exact) mass is 414 g/mol. The van der Waals surface area contributed by atoms with Crippen LogP contribution >= 0.6 is 11.6 Å². The lowest BCUT2D eigenvalue weighted by atomic mass is 9.97. The number of halogens is 2. The molecule has 6 nitrogen and oxygen atoms in total. The highest BCUT2D eigenvalue weighted by Crippen LogP contribution is 2.23. The molecule has 1 aromatic heterocycles. The van der Waals surface area contributed by atoms with Crippen LogP contribution in [-0.4, -0.2) is 34.0 Å². The Kier molecular flexibility index (Phi) is 5.87. The van der Waals surface area contributed by atoms with Crippen LogP contribution in [-0.2, 0) is 11.3 Å². The van der Waals surface area contributed by atoms with Gasteiger partial charge in [-0.15, -0.1) is 0 Å². The Labute approximate surface area is 172 Å². The van der Waals surface area contributed by atoms with Crippen molar-refractivity contribution in [2.75, 3.05) is 18.4 Å². The lowest BCUT2D eigenvalue weighted by Crippen LogP contribution is -2.40. The van der Waals surface area contributed by atoms with Gasteiger partial charge in [-0.2, -0.15) is 4.98 Å². The number of aromatic nitrogens is 2. The lowest BCUT2D eigenvalue weighted by Gasteiger charge is -2.30. The molecule has 1 atom stereocenters. The summed E-state index contributed by atoms with van der Waals surface area (Å²) >= 11 is 5.78. The summed E-state index contributed by atoms with van der Waals surface area (Å²) in [4.78, 5) is 19.2. The van der Waals surface area contributed by atoms with Gasteiger partial charge in [0.25, 0.3) is 0 Å². The van der Waals surface area contributed by atoms with E-state index in [1.165, 1.54) is 18.2 Å². The molecule has 0 bridgehead atoms. The molecule has 2 aromatic carbocycles. The summed E-state index contributed by atoms with van der Waals surface area (Å²) in [6, 6.07) is 13.8. The van der Waals surface area contributed by atoms with E-state index >= 15 is 0 Å². The van der Waals surface area contributed by atoms with E-state index in [4.69, 9.17) is 16.1 Å². The molecule has 2 heterocycles. The third kappa shape index (κ3) is 4.81. The van der Waals surface area contributed by atoms with Gasteiger partial charge >= 0.3 is 0 Å². The Balaban J connectivity index is 1.36. The van der Waals surface area contributed by atoms with Gasteiger partial charge in [0.1, 0.15) is 5.82 Å². The molecule has 1 amide bonds. The van der Waals surface area contributed by atoms with Gasteiger partial charge in [-0.3, -0.25) is 9.69 Å². The lowest BCUT2D eigenvalue weighted by molar-refractivity contribution is -0.121. The summed E-state index contributed by atoms with van der Waals surface area (Å²) in [6.07, 6.45) is 1.68. The van der Waals surface area contributed by atoms with Gasteiger partial charge in [-0.1, -0.05) is 47.1 Å². The maximum atomic E-state index is 13.3. The van der Waals surface area contributed by atoms with Gasteiger partial charge in [0.2, 0.25) is 17.6 Å². The molecule has 4 rings (SSSR count). The molecular formula is C21H20ClFN4O2. The highest BCUT2D eigenvalue weighted by molar-refractivity contribution is 6.31. The molecule has 1 saturated heterocycles. The van der Waals surface area contributed by atoms with Crippen molar-refractivity contribution in [3.8, 4) is 11.4 Å². The molecule has 0 aliphatic carbocycles. The maximum absolute atomic E-state index is 13.3. The van der Waals surface area contributed by atoms with Crippen LogP contribution in [0.2, 0.25) is 5.02 Å². The predicted octanol–water partition coefficient (Wildman–Crippen LogP) is 4.38. The van der Waals surface area contributed by atoms with Crippen LogP contribution in [0.5, 0.6) is 0 Å². The molecule has 29 heavy (non-hydrogen) atoms. The van der Waals surface area contributed by atoms with Gasteiger partial charge in [0.15, 0.2) is 0 Å². The molecule has 1 unspecified atom stereocenters. The number of carbonyl (C=O) groups is 1. The second-order valence-electron chi connectivity index (χ2n) is 7.07. The average Bonchev–Trinajstić information content (AvgIpc) is 3.20. The Morgan fingerprint density at radius 2 is 2.10 bits per heavy atom. The van der Waals surface area contributed by atoms with Crippen LogP contribution in [0.4, 0.5) is 10.1 Å². The van der Waals surface area contributed by atoms with E-state index in [0.29, 0.717) is 30.5 Å². The van der Waals surface area contributed by atoms with Crippen LogP contribution in [0.1, 0.15) is 18.7 Å². The number of amides is 1. The third-order valence-corrected chi connectivity index (χ3v) is 5.21. The molecule has 0 spiro atoms. The summed E-state index contributed by atoms with van der Waals surface area (Å²) in [5.41, 5.74) is 1.39. The van der Waals surface area contributed by atoms with E-state index in [1.54, 1.807) is 0 Å². The smallest absolute Gasteiger partial charge is 0.241 e. The van der Waals surface area contributed by atoms with E-state index in [0.717, 1.165) is 24.9 Å². The van der Waals surface area contributed by atoms with Crippen molar-refractivity contribution in [3.05, 3.63) is 65.3 Å². The largest absolute Gasteiger partial charge is 0.338 e. The summed E-state index contributed by atoms with van der Waals surface area (Å²) in [6.45, 7) is 1.94. The molecule has 3 aromatic rings. The summed E-state index contributed by atoms with van der Waals surface area (Å²) in [5, 5.41) is 6.85.